The van der Waals surface area contributed by atoms with E-state index in [1.807, 2.05) is 0 Å². The van der Waals surface area contributed by atoms with E-state index < -0.39 is 17.8 Å². The molecule has 0 amide bonds. The quantitative estimate of drug-likeness (QED) is 0.631. The third-order valence-electron chi connectivity index (χ3n) is 3.11. The fourth-order valence-corrected chi connectivity index (χ4v) is 2.00. The molecule has 0 spiro atoms. The predicted molar refractivity (Wildman–Crippen MR) is 73.3 cm³/mol. The minimum Gasteiger partial charge on any atom is -0.466 e. The number of ether oxygens (including phenoxy) is 2. The number of carbonyl (C=O) groups is 1. The van der Waals surface area contributed by atoms with Crippen molar-refractivity contribution in [2.45, 2.75) is 6.18 Å². The third-order valence-corrected chi connectivity index (χ3v) is 3.11. The lowest BCUT2D eigenvalue weighted by Gasteiger charge is -2.29. The zero-order valence-electron chi connectivity index (χ0n) is 11.9. The first-order valence-corrected chi connectivity index (χ1v) is 6.59. The Bertz CT molecular complexity index is 567. The lowest BCUT2D eigenvalue weighted by molar-refractivity contribution is -0.141. The molecule has 1 fully saturated rings. The Morgan fingerprint density at radius 3 is 2.64 bits per heavy atom. The molecular weight excluding hydrogens is 301 g/mol. The monoisotopic (exact) mass is 316 g/mol. The normalized spacial score (nSPS) is 16.1. The van der Waals surface area contributed by atoms with E-state index >= 15 is 0 Å². The Balaban J connectivity index is 2.38. The van der Waals surface area contributed by atoms with Crippen molar-refractivity contribution < 1.29 is 27.4 Å². The second-order valence-electron chi connectivity index (χ2n) is 4.56. The molecule has 0 N–H and O–H groups in total. The van der Waals surface area contributed by atoms with Crippen LogP contribution in [0.5, 0.6) is 0 Å². The average molecular weight is 316 g/mol. The molecule has 0 unspecified atom stereocenters. The topological polar surface area (TPSA) is 51.7 Å². The van der Waals surface area contributed by atoms with Gasteiger partial charge < -0.3 is 14.4 Å². The van der Waals surface area contributed by atoms with E-state index in [9.17, 15) is 18.0 Å². The lowest BCUT2D eigenvalue weighted by Crippen LogP contribution is -2.37. The number of rotatable bonds is 3. The van der Waals surface area contributed by atoms with Crippen LogP contribution in [0.15, 0.2) is 18.2 Å². The highest BCUT2D eigenvalue weighted by atomic mass is 19.4. The lowest BCUT2D eigenvalue weighted by atomic mass is 10.2. The number of hydrogen-bond acceptors (Lipinski definition) is 5. The van der Waals surface area contributed by atoms with Crippen LogP contribution in [0, 0.1) is 0 Å². The molecule has 22 heavy (non-hydrogen) atoms. The number of carbonyl (C=O) groups excluding carboxylic acids is 1. The summed E-state index contributed by atoms with van der Waals surface area (Å²) in [5.41, 5.74) is -0.551. The van der Waals surface area contributed by atoms with Crippen LogP contribution in [0.2, 0.25) is 0 Å². The third kappa shape index (κ3) is 3.97. The smallest absolute Gasteiger partial charge is 0.433 e. The van der Waals surface area contributed by atoms with Crippen LogP contribution in [-0.2, 0) is 20.4 Å². The molecule has 8 heteroatoms. The van der Waals surface area contributed by atoms with Crippen molar-refractivity contribution in [1.82, 2.24) is 4.98 Å². The van der Waals surface area contributed by atoms with Gasteiger partial charge in [0.1, 0.15) is 11.5 Å². The number of anilines is 1. The highest BCUT2D eigenvalue weighted by Gasteiger charge is 2.33. The molecule has 1 aromatic rings. The van der Waals surface area contributed by atoms with Crippen molar-refractivity contribution in [2.75, 3.05) is 38.3 Å². The summed E-state index contributed by atoms with van der Waals surface area (Å²) in [6.45, 7) is 1.71. The largest absolute Gasteiger partial charge is 0.466 e. The molecule has 1 aliphatic heterocycles. The number of halogens is 3. The number of aromatic nitrogens is 1. The molecule has 120 valence electrons. The molecule has 0 saturated carbocycles. The minimum atomic E-state index is -4.52. The van der Waals surface area contributed by atoms with Gasteiger partial charge in [0, 0.05) is 24.7 Å². The first-order valence-electron chi connectivity index (χ1n) is 6.59. The average Bonchev–Trinajstić information content (AvgIpc) is 2.52. The van der Waals surface area contributed by atoms with Crippen molar-refractivity contribution in [1.29, 1.82) is 0 Å². The van der Waals surface area contributed by atoms with Gasteiger partial charge in [0.05, 0.1) is 20.3 Å². The number of nitrogens with zero attached hydrogens (tertiary/aromatic N) is 2. The molecule has 0 aliphatic carbocycles. The Morgan fingerprint density at radius 1 is 1.36 bits per heavy atom. The minimum absolute atomic E-state index is 0.179. The van der Waals surface area contributed by atoms with Gasteiger partial charge in [-0.05, 0) is 18.2 Å². The first kappa shape index (κ1) is 16.3. The van der Waals surface area contributed by atoms with Gasteiger partial charge in [-0.3, -0.25) is 0 Å². The Morgan fingerprint density at radius 2 is 2.05 bits per heavy atom. The number of hydrogen-bond donors (Lipinski definition) is 0. The van der Waals surface area contributed by atoms with E-state index in [0.717, 1.165) is 12.1 Å². The number of methoxy groups -OCH3 is 1. The molecule has 5 nitrogen and oxygen atoms in total. The summed E-state index contributed by atoms with van der Waals surface area (Å²) in [5, 5.41) is 0. The SMILES string of the molecule is COC(=O)C=Cc1ccc(C(F)(F)F)nc1N1CCOCC1. The zero-order valence-corrected chi connectivity index (χ0v) is 11.9. The van der Waals surface area contributed by atoms with E-state index in [0.29, 0.717) is 31.9 Å². The molecule has 2 rings (SSSR count). The van der Waals surface area contributed by atoms with Gasteiger partial charge in [-0.1, -0.05) is 0 Å². The van der Waals surface area contributed by atoms with Crippen molar-refractivity contribution in [2.24, 2.45) is 0 Å². The molecular formula is C14H15F3N2O3. The van der Waals surface area contributed by atoms with E-state index in [1.165, 1.54) is 19.3 Å². The van der Waals surface area contributed by atoms with E-state index in [4.69, 9.17) is 4.74 Å². The predicted octanol–water partition coefficient (Wildman–Crippen LogP) is 2.12. The van der Waals surface area contributed by atoms with Crippen LogP contribution in [-0.4, -0.2) is 44.4 Å². The Hall–Kier alpha value is -2.09. The maximum absolute atomic E-state index is 12.8. The van der Waals surface area contributed by atoms with Crippen molar-refractivity contribution >= 4 is 17.9 Å². The van der Waals surface area contributed by atoms with Crippen LogP contribution in [0.3, 0.4) is 0 Å². The molecule has 0 aromatic carbocycles. The maximum atomic E-state index is 12.8. The highest BCUT2D eigenvalue weighted by molar-refractivity contribution is 5.88. The molecule has 1 saturated heterocycles. The van der Waals surface area contributed by atoms with Crippen LogP contribution in [0.25, 0.3) is 6.08 Å². The fraction of sp³-hybridized carbons (Fsp3) is 0.429. The van der Waals surface area contributed by atoms with Crippen LogP contribution in [0.4, 0.5) is 19.0 Å². The summed E-state index contributed by atoms with van der Waals surface area (Å²) in [6, 6.07) is 2.18. The summed E-state index contributed by atoms with van der Waals surface area (Å²) >= 11 is 0. The highest BCUT2D eigenvalue weighted by Crippen LogP contribution is 2.31. The van der Waals surface area contributed by atoms with Gasteiger partial charge in [0.2, 0.25) is 0 Å². The van der Waals surface area contributed by atoms with Gasteiger partial charge in [0.25, 0.3) is 0 Å². The first-order chi connectivity index (χ1) is 10.4. The molecule has 0 radical (unpaired) electrons. The number of esters is 1. The summed E-state index contributed by atoms with van der Waals surface area (Å²) < 4.78 is 48.2. The number of pyridine rings is 1. The van der Waals surface area contributed by atoms with Gasteiger partial charge in [-0.25, -0.2) is 9.78 Å². The second-order valence-corrected chi connectivity index (χ2v) is 4.56. The van der Waals surface area contributed by atoms with Crippen LogP contribution < -0.4 is 4.90 Å². The molecule has 1 aromatic heterocycles. The summed E-state index contributed by atoms with van der Waals surface area (Å²) in [4.78, 5) is 16.6. The van der Waals surface area contributed by atoms with Gasteiger partial charge >= 0.3 is 12.1 Å². The summed E-state index contributed by atoms with van der Waals surface area (Å²) in [6.07, 6.45) is -1.98. The van der Waals surface area contributed by atoms with Crippen LogP contribution in [0.1, 0.15) is 11.3 Å². The molecule has 0 atom stereocenters. The molecule has 2 heterocycles. The maximum Gasteiger partial charge on any atom is 0.433 e. The van der Waals surface area contributed by atoms with Crippen molar-refractivity contribution in [3.63, 3.8) is 0 Å². The Kier molecular flexibility index (Phi) is 5.02. The van der Waals surface area contributed by atoms with E-state index in [2.05, 4.69) is 9.72 Å². The van der Waals surface area contributed by atoms with Gasteiger partial charge in [-0.15, -0.1) is 0 Å². The van der Waals surface area contributed by atoms with Crippen molar-refractivity contribution in [3.8, 4) is 0 Å². The van der Waals surface area contributed by atoms with E-state index in [-0.39, 0.29) is 5.82 Å². The van der Waals surface area contributed by atoms with Gasteiger partial charge in [0.15, 0.2) is 0 Å². The number of alkyl halides is 3. The molecule has 0 bridgehead atoms. The van der Waals surface area contributed by atoms with Crippen molar-refractivity contribution in [3.05, 3.63) is 29.5 Å². The summed E-state index contributed by atoms with van der Waals surface area (Å²) in [7, 11) is 1.22. The number of morpholine rings is 1. The van der Waals surface area contributed by atoms with Crippen LogP contribution >= 0.6 is 0 Å². The molecule has 1 aliphatic rings. The van der Waals surface area contributed by atoms with Gasteiger partial charge in [-0.2, -0.15) is 13.2 Å². The second kappa shape index (κ2) is 6.78. The van der Waals surface area contributed by atoms with E-state index in [1.54, 1.807) is 4.90 Å². The standard InChI is InChI=1S/C14H15F3N2O3/c1-21-12(20)5-3-10-2-4-11(14(15,16)17)18-13(10)19-6-8-22-9-7-19/h2-5H,6-9H2,1H3. The Labute approximate surface area is 125 Å². The fourth-order valence-electron chi connectivity index (χ4n) is 2.00. The zero-order chi connectivity index (χ0) is 16.2. The summed E-state index contributed by atoms with van der Waals surface area (Å²) in [5.74, 6) is -0.411.